The third kappa shape index (κ3) is 3.21. The summed E-state index contributed by atoms with van der Waals surface area (Å²) in [5.41, 5.74) is 9.40. The van der Waals surface area contributed by atoms with Crippen LogP contribution in [0, 0.1) is 3.57 Å². The summed E-state index contributed by atoms with van der Waals surface area (Å²) in [6.07, 6.45) is 0. The molecule has 0 aliphatic carbocycles. The van der Waals surface area contributed by atoms with Gasteiger partial charge in [-0.25, -0.2) is 10.2 Å². The minimum absolute atomic E-state index is 0.401. The predicted octanol–water partition coefficient (Wildman–Crippen LogP) is 0.604. The van der Waals surface area contributed by atoms with Crippen LogP contribution in [-0.2, 0) is 0 Å². The van der Waals surface area contributed by atoms with Crippen LogP contribution in [0.15, 0.2) is 24.3 Å². The van der Waals surface area contributed by atoms with Crippen molar-refractivity contribution in [2.24, 2.45) is 5.73 Å². The minimum atomic E-state index is -0.802. The van der Waals surface area contributed by atoms with E-state index in [0.717, 1.165) is 3.57 Å². The number of rotatable bonds is 1. The standard InChI is InChI=1S/C8H8IN3O2/c9-6-3-1-2-5(4-6)7(13)11-12-8(10)14/h1-4H,(H,11,13)(H3,10,12,14). The number of benzene rings is 1. The number of nitrogens with two attached hydrogens (primary N) is 1. The molecule has 1 aromatic carbocycles. The Morgan fingerprint density at radius 2 is 2.00 bits per heavy atom. The number of primary amides is 1. The summed E-state index contributed by atoms with van der Waals surface area (Å²) in [6.45, 7) is 0. The molecular weight excluding hydrogens is 297 g/mol. The zero-order valence-corrected chi connectivity index (χ0v) is 9.24. The van der Waals surface area contributed by atoms with Gasteiger partial charge in [-0.05, 0) is 40.8 Å². The number of carbonyl (C=O) groups excluding carboxylic acids is 2. The molecule has 6 heteroatoms. The molecule has 74 valence electrons. The fourth-order valence-electron chi connectivity index (χ4n) is 0.820. The first-order valence-corrected chi connectivity index (χ1v) is 4.79. The van der Waals surface area contributed by atoms with Crippen molar-refractivity contribution in [2.45, 2.75) is 0 Å². The third-order valence-electron chi connectivity index (χ3n) is 1.39. The van der Waals surface area contributed by atoms with Crippen LogP contribution in [0.25, 0.3) is 0 Å². The zero-order chi connectivity index (χ0) is 10.6. The second-order valence-electron chi connectivity index (χ2n) is 2.45. The first-order chi connectivity index (χ1) is 6.59. The molecule has 0 spiro atoms. The Morgan fingerprint density at radius 3 is 2.57 bits per heavy atom. The van der Waals surface area contributed by atoms with Gasteiger partial charge in [-0.2, -0.15) is 0 Å². The van der Waals surface area contributed by atoms with E-state index in [4.69, 9.17) is 5.73 Å². The maximum absolute atomic E-state index is 11.3. The quantitative estimate of drug-likeness (QED) is 0.524. The summed E-state index contributed by atoms with van der Waals surface area (Å²) in [6, 6.07) is 6.14. The van der Waals surface area contributed by atoms with Gasteiger partial charge >= 0.3 is 6.03 Å². The maximum Gasteiger partial charge on any atom is 0.330 e. The summed E-state index contributed by atoms with van der Waals surface area (Å²) >= 11 is 2.09. The molecule has 14 heavy (non-hydrogen) atoms. The molecule has 0 aromatic heterocycles. The Balaban J connectivity index is 2.65. The molecule has 1 rings (SSSR count). The Morgan fingerprint density at radius 1 is 1.29 bits per heavy atom. The topological polar surface area (TPSA) is 84.2 Å². The van der Waals surface area contributed by atoms with Crippen LogP contribution in [-0.4, -0.2) is 11.9 Å². The van der Waals surface area contributed by atoms with Gasteiger partial charge in [0.25, 0.3) is 5.91 Å². The fraction of sp³-hybridized carbons (Fsp3) is 0. The fourth-order valence-corrected chi connectivity index (χ4v) is 1.36. The number of nitrogens with one attached hydrogen (secondary N) is 2. The molecule has 0 saturated heterocycles. The lowest BCUT2D eigenvalue weighted by Crippen LogP contribution is -2.44. The SMILES string of the molecule is NC(=O)NNC(=O)c1cccc(I)c1. The van der Waals surface area contributed by atoms with Crippen LogP contribution >= 0.6 is 22.6 Å². The second-order valence-corrected chi connectivity index (χ2v) is 3.70. The van der Waals surface area contributed by atoms with Crippen molar-refractivity contribution >= 4 is 34.5 Å². The predicted molar refractivity (Wildman–Crippen MR) is 59.3 cm³/mol. The van der Waals surface area contributed by atoms with Gasteiger partial charge in [-0.15, -0.1) is 0 Å². The summed E-state index contributed by atoms with van der Waals surface area (Å²) in [7, 11) is 0. The van der Waals surface area contributed by atoms with Crippen molar-refractivity contribution in [2.75, 3.05) is 0 Å². The first kappa shape index (κ1) is 10.8. The van der Waals surface area contributed by atoms with Gasteiger partial charge in [0.1, 0.15) is 0 Å². The Kier molecular flexibility index (Phi) is 3.69. The highest BCUT2D eigenvalue weighted by Gasteiger charge is 2.04. The van der Waals surface area contributed by atoms with Gasteiger partial charge in [-0.1, -0.05) is 6.07 Å². The van der Waals surface area contributed by atoms with E-state index in [2.05, 4.69) is 28.0 Å². The first-order valence-electron chi connectivity index (χ1n) is 3.71. The van der Waals surface area contributed by atoms with Crippen LogP contribution in [0.4, 0.5) is 4.79 Å². The normalized spacial score (nSPS) is 9.21. The molecule has 0 fully saturated rings. The largest absolute Gasteiger partial charge is 0.350 e. The van der Waals surface area contributed by atoms with E-state index < -0.39 is 11.9 Å². The molecule has 4 N–H and O–H groups in total. The molecule has 0 aliphatic rings. The van der Waals surface area contributed by atoms with Gasteiger partial charge < -0.3 is 5.73 Å². The Labute approximate surface area is 94.2 Å². The number of urea groups is 1. The molecule has 1 aromatic rings. The van der Waals surface area contributed by atoms with E-state index in [-0.39, 0.29) is 0 Å². The summed E-state index contributed by atoms with van der Waals surface area (Å²) < 4.78 is 0.939. The number of hydrogen-bond donors (Lipinski definition) is 3. The van der Waals surface area contributed by atoms with Crippen LogP contribution in [0.1, 0.15) is 10.4 Å². The molecule has 0 saturated carbocycles. The van der Waals surface area contributed by atoms with Crippen LogP contribution in [0.5, 0.6) is 0 Å². The van der Waals surface area contributed by atoms with E-state index in [1.165, 1.54) is 0 Å². The van der Waals surface area contributed by atoms with E-state index in [1.807, 2.05) is 11.5 Å². The molecule has 0 bridgehead atoms. The minimum Gasteiger partial charge on any atom is -0.350 e. The van der Waals surface area contributed by atoms with Crippen molar-refractivity contribution < 1.29 is 9.59 Å². The zero-order valence-electron chi connectivity index (χ0n) is 7.08. The maximum atomic E-state index is 11.3. The monoisotopic (exact) mass is 305 g/mol. The highest BCUT2D eigenvalue weighted by molar-refractivity contribution is 14.1. The van der Waals surface area contributed by atoms with Crippen molar-refractivity contribution in [1.29, 1.82) is 0 Å². The van der Waals surface area contributed by atoms with Crippen molar-refractivity contribution in [1.82, 2.24) is 10.9 Å². The van der Waals surface area contributed by atoms with E-state index in [9.17, 15) is 9.59 Å². The van der Waals surface area contributed by atoms with E-state index in [1.54, 1.807) is 18.2 Å². The lowest BCUT2D eigenvalue weighted by molar-refractivity contribution is 0.0937. The number of carbonyl (C=O) groups is 2. The van der Waals surface area contributed by atoms with Crippen molar-refractivity contribution in [3.63, 3.8) is 0 Å². The van der Waals surface area contributed by atoms with Gasteiger partial charge in [0.15, 0.2) is 0 Å². The van der Waals surface area contributed by atoms with Crippen molar-refractivity contribution in [3.8, 4) is 0 Å². The number of halogens is 1. The Hall–Kier alpha value is -1.31. The van der Waals surface area contributed by atoms with Crippen LogP contribution < -0.4 is 16.6 Å². The molecule has 0 aliphatic heterocycles. The highest BCUT2D eigenvalue weighted by atomic mass is 127. The molecular formula is C8H8IN3O2. The lowest BCUT2D eigenvalue weighted by atomic mass is 10.2. The molecule has 3 amide bonds. The highest BCUT2D eigenvalue weighted by Crippen LogP contribution is 2.06. The van der Waals surface area contributed by atoms with Crippen molar-refractivity contribution in [3.05, 3.63) is 33.4 Å². The van der Waals surface area contributed by atoms with Gasteiger partial charge in [0, 0.05) is 9.13 Å². The number of amides is 3. The van der Waals surface area contributed by atoms with Gasteiger partial charge in [0.05, 0.1) is 0 Å². The second kappa shape index (κ2) is 4.80. The van der Waals surface area contributed by atoms with Crippen LogP contribution in [0.3, 0.4) is 0 Å². The molecule has 5 nitrogen and oxygen atoms in total. The summed E-state index contributed by atoms with van der Waals surface area (Å²) in [5.74, 6) is -0.401. The van der Waals surface area contributed by atoms with Gasteiger partial charge in [-0.3, -0.25) is 10.2 Å². The summed E-state index contributed by atoms with van der Waals surface area (Å²) in [4.78, 5) is 21.6. The van der Waals surface area contributed by atoms with Gasteiger partial charge in [0.2, 0.25) is 0 Å². The average molecular weight is 305 g/mol. The lowest BCUT2D eigenvalue weighted by Gasteiger charge is -2.04. The van der Waals surface area contributed by atoms with E-state index in [0.29, 0.717) is 5.56 Å². The van der Waals surface area contributed by atoms with Crippen LogP contribution in [0.2, 0.25) is 0 Å². The third-order valence-corrected chi connectivity index (χ3v) is 2.06. The molecule has 0 radical (unpaired) electrons. The molecule has 0 unspecified atom stereocenters. The number of hydrazine groups is 1. The Bertz CT molecular complexity index is 367. The molecule has 0 atom stereocenters. The average Bonchev–Trinajstić information content (AvgIpc) is 2.14. The molecule has 0 heterocycles. The summed E-state index contributed by atoms with van der Waals surface area (Å²) in [5, 5.41) is 0. The van der Waals surface area contributed by atoms with E-state index >= 15 is 0 Å². The smallest absolute Gasteiger partial charge is 0.330 e. The number of hydrogen-bond acceptors (Lipinski definition) is 2.